The van der Waals surface area contributed by atoms with Crippen LogP contribution in [0.1, 0.15) is 66.7 Å². The van der Waals surface area contributed by atoms with Crippen LogP contribution in [0.5, 0.6) is 0 Å². The minimum Gasteiger partial charge on any atom is -0.329 e. The van der Waals surface area contributed by atoms with Crippen molar-refractivity contribution in [1.82, 2.24) is 10.2 Å². The molecular formula is C19H25F3N2O. The second-order valence-corrected chi connectivity index (χ2v) is 8.09. The summed E-state index contributed by atoms with van der Waals surface area (Å²) in [6, 6.07) is 4.08. The van der Waals surface area contributed by atoms with Gasteiger partial charge in [0.05, 0.1) is 0 Å². The van der Waals surface area contributed by atoms with Gasteiger partial charge in [-0.1, -0.05) is 32.9 Å². The van der Waals surface area contributed by atoms with Crippen molar-refractivity contribution >= 4 is 5.91 Å². The molecule has 0 aromatic heterocycles. The van der Waals surface area contributed by atoms with Gasteiger partial charge in [0.1, 0.15) is 6.54 Å². The highest BCUT2D eigenvalue weighted by molar-refractivity contribution is 5.98. The number of carbonyl (C=O) groups excluding carboxylic acids is 1. The number of carbonyl (C=O) groups is 1. The van der Waals surface area contributed by atoms with E-state index in [0.29, 0.717) is 12.0 Å². The molecule has 3 rings (SSSR count). The van der Waals surface area contributed by atoms with Crippen LogP contribution in [0.4, 0.5) is 13.2 Å². The zero-order valence-electron chi connectivity index (χ0n) is 15.0. The molecule has 2 aliphatic heterocycles. The second-order valence-electron chi connectivity index (χ2n) is 8.09. The van der Waals surface area contributed by atoms with Crippen molar-refractivity contribution in [2.75, 3.05) is 19.6 Å². The maximum absolute atomic E-state index is 12.8. The fraction of sp³-hybridized carbons (Fsp3) is 0.632. The molecule has 0 bridgehead atoms. The van der Waals surface area contributed by atoms with Gasteiger partial charge in [-0.3, -0.25) is 4.79 Å². The predicted octanol–water partition coefficient (Wildman–Crippen LogP) is 3.97. The molecule has 1 N–H and O–H groups in total. The maximum atomic E-state index is 12.8. The van der Waals surface area contributed by atoms with Gasteiger partial charge in [0, 0.05) is 18.2 Å². The van der Waals surface area contributed by atoms with E-state index in [-0.39, 0.29) is 18.0 Å². The normalized spacial score (nSPS) is 21.6. The molecule has 0 aliphatic carbocycles. The van der Waals surface area contributed by atoms with E-state index in [0.717, 1.165) is 41.0 Å². The summed E-state index contributed by atoms with van der Waals surface area (Å²) < 4.78 is 38.4. The lowest BCUT2D eigenvalue weighted by atomic mass is 9.80. The van der Waals surface area contributed by atoms with Crippen LogP contribution in [0.25, 0.3) is 0 Å². The number of alkyl halides is 3. The van der Waals surface area contributed by atoms with Crippen LogP contribution in [0.15, 0.2) is 12.1 Å². The van der Waals surface area contributed by atoms with Crippen LogP contribution in [0.3, 0.4) is 0 Å². The summed E-state index contributed by atoms with van der Waals surface area (Å²) in [6.07, 6.45) is -1.97. The number of hydrogen-bond acceptors (Lipinski definition) is 2. The summed E-state index contributed by atoms with van der Waals surface area (Å²) >= 11 is 0. The van der Waals surface area contributed by atoms with Gasteiger partial charge in [-0.05, 0) is 47.9 Å². The minimum atomic E-state index is -4.37. The first-order valence-corrected chi connectivity index (χ1v) is 8.83. The molecule has 1 unspecified atom stereocenters. The van der Waals surface area contributed by atoms with E-state index in [1.54, 1.807) is 0 Å². The summed E-state index contributed by atoms with van der Waals surface area (Å²) in [4.78, 5) is 13.8. The summed E-state index contributed by atoms with van der Waals surface area (Å²) in [7, 11) is 0. The Labute approximate surface area is 146 Å². The first kappa shape index (κ1) is 18.2. The highest BCUT2D eigenvalue weighted by atomic mass is 19.4. The van der Waals surface area contributed by atoms with Crippen molar-refractivity contribution in [2.24, 2.45) is 0 Å². The second kappa shape index (κ2) is 6.31. The smallest absolute Gasteiger partial charge is 0.329 e. The Hall–Kier alpha value is -1.56. The lowest BCUT2D eigenvalue weighted by Gasteiger charge is -2.33. The standard InChI is InChI=1S/C19H25F3N2O/c1-18(2,3)13-9-12-6-8-24(11-19(20,21)22)17(25)16(12)14(10-13)15-5-4-7-23-15/h9-10,15,23H,4-8,11H2,1-3H3. The Bertz CT molecular complexity index is 670. The van der Waals surface area contributed by atoms with Crippen molar-refractivity contribution in [3.05, 3.63) is 34.4 Å². The number of nitrogens with zero attached hydrogens (tertiary/aromatic N) is 1. The molecule has 0 saturated carbocycles. The van der Waals surface area contributed by atoms with E-state index < -0.39 is 18.6 Å². The zero-order chi connectivity index (χ0) is 18.4. The number of fused-ring (bicyclic) bond motifs is 1. The van der Waals surface area contributed by atoms with Gasteiger partial charge in [0.25, 0.3) is 5.91 Å². The quantitative estimate of drug-likeness (QED) is 0.872. The van der Waals surface area contributed by atoms with Crippen molar-refractivity contribution in [2.45, 2.75) is 57.7 Å². The third-order valence-electron chi connectivity index (χ3n) is 5.07. The van der Waals surface area contributed by atoms with Crippen LogP contribution < -0.4 is 5.32 Å². The van der Waals surface area contributed by atoms with Gasteiger partial charge in [0.15, 0.2) is 0 Å². The van der Waals surface area contributed by atoms with Crippen LogP contribution in [0.2, 0.25) is 0 Å². The van der Waals surface area contributed by atoms with E-state index in [1.165, 1.54) is 0 Å². The molecule has 2 aliphatic rings. The van der Waals surface area contributed by atoms with Gasteiger partial charge >= 0.3 is 6.18 Å². The summed E-state index contributed by atoms with van der Waals surface area (Å²) in [6.45, 7) is 6.16. The van der Waals surface area contributed by atoms with Crippen molar-refractivity contribution < 1.29 is 18.0 Å². The van der Waals surface area contributed by atoms with Crippen LogP contribution in [-0.4, -0.2) is 36.6 Å². The van der Waals surface area contributed by atoms with E-state index >= 15 is 0 Å². The number of halogens is 3. The lowest BCUT2D eigenvalue weighted by Crippen LogP contribution is -2.44. The molecule has 25 heavy (non-hydrogen) atoms. The van der Waals surface area contributed by atoms with E-state index in [4.69, 9.17) is 0 Å². The number of benzene rings is 1. The average molecular weight is 354 g/mol. The average Bonchev–Trinajstić information content (AvgIpc) is 3.01. The molecule has 0 radical (unpaired) electrons. The predicted molar refractivity (Wildman–Crippen MR) is 90.8 cm³/mol. The number of rotatable bonds is 2. The fourth-order valence-corrected chi connectivity index (χ4v) is 3.72. The minimum absolute atomic E-state index is 0.0471. The van der Waals surface area contributed by atoms with Crippen molar-refractivity contribution in [1.29, 1.82) is 0 Å². The molecule has 3 nitrogen and oxygen atoms in total. The Morgan fingerprint density at radius 1 is 1.24 bits per heavy atom. The van der Waals surface area contributed by atoms with Crippen molar-refractivity contribution in [3.8, 4) is 0 Å². The Balaban J connectivity index is 2.06. The zero-order valence-corrected chi connectivity index (χ0v) is 15.0. The first-order chi connectivity index (χ1) is 11.6. The molecule has 6 heteroatoms. The summed E-state index contributed by atoms with van der Waals surface area (Å²) in [5.41, 5.74) is 3.31. The molecule has 1 amide bonds. The molecule has 0 spiro atoms. The molecule has 1 aromatic rings. The third kappa shape index (κ3) is 3.84. The number of hydrogen-bond donors (Lipinski definition) is 1. The molecule has 2 heterocycles. The lowest BCUT2D eigenvalue weighted by molar-refractivity contribution is -0.141. The first-order valence-electron chi connectivity index (χ1n) is 8.83. The van der Waals surface area contributed by atoms with Gasteiger partial charge in [-0.25, -0.2) is 0 Å². The SMILES string of the molecule is CC(C)(C)c1cc2c(c(C3CCCN3)c1)C(=O)N(CC(F)(F)F)CC2. The molecule has 138 valence electrons. The number of nitrogens with one attached hydrogen (secondary N) is 1. The molecule has 1 saturated heterocycles. The Morgan fingerprint density at radius 2 is 1.96 bits per heavy atom. The maximum Gasteiger partial charge on any atom is 0.406 e. The van der Waals surface area contributed by atoms with E-state index in [2.05, 4.69) is 26.1 Å². The third-order valence-corrected chi connectivity index (χ3v) is 5.07. The summed E-state index contributed by atoms with van der Waals surface area (Å²) in [5, 5.41) is 3.39. The molecule has 1 fully saturated rings. The van der Waals surface area contributed by atoms with Crippen molar-refractivity contribution in [3.63, 3.8) is 0 Å². The van der Waals surface area contributed by atoms with E-state index in [9.17, 15) is 18.0 Å². The molecule has 1 atom stereocenters. The highest BCUT2D eigenvalue weighted by Gasteiger charge is 2.38. The largest absolute Gasteiger partial charge is 0.406 e. The van der Waals surface area contributed by atoms with Crippen LogP contribution >= 0.6 is 0 Å². The van der Waals surface area contributed by atoms with Crippen LogP contribution in [-0.2, 0) is 11.8 Å². The Morgan fingerprint density at radius 3 is 2.52 bits per heavy atom. The summed E-state index contributed by atoms with van der Waals surface area (Å²) in [5.74, 6) is -0.484. The molecular weight excluding hydrogens is 329 g/mol. The number of amides is 1. The monoisotopic (exact) mass is 354 g/mol. The van der Waals surface area contributed by atoms with E-state index in [1.807, 2.05) is 12.1 Å². The van der Waals surface area contributed by atoms with Gasteiger partial charge in [-0.2, -0.15) is 13.2 Å². The van der Waals surface area contributed by atoms with Crippen LogP contribution in [0, 0.1) is 0 Å². The molecule has 1 aromatic carbocycles. The van der Waals surface area contributed by atoms with Gasteiger partial charge in [-0.15, -0.1) is 0 Å². The van der Waals surface area contributed by atoms with Gasteiger partial charge in [0.2, 0.25) is 0 Å². The Kier molecular flexibility index (Phi) is 4.60. The highest BCUT2D eigenvalue weighted by Crippen LogP contribution is 2.36. The van der Waals surface area contributed by atoms with Gasteiger partial charge < -0.3 is 10.2 Å². The fourth-order valence-electron chi connectivity index (χ4n) is 3.72. The topological polar surface area (TPSA) is 32.3 Å².